The highest BCUT2D eigenvalue weighted by Gasteiger charge is 2.16. The molecule has 0 bridgehead atoms. The van der Waals surface area contributed by atoms with Crippen molar-refractivity contribution < 1.29 is 14.3 Å². The van der Waals surface area contributed by atoms with Crippen molar-refractivity contribution in [3.05, 3.63) is 59.2 Å². The van der Waals surface area contributed by atoms with E-state index in [0.717, 1.165) is 28.1 Å². The van der Waals surface area contributed by atoms with Crippen molar-refractivity contribution in [3.8, 4) is 5.75 Å². The van der Waals surface area contributed by atoms with Crippen LogP contribution in [0.4, 0.5) is 5.69 Å². The van der Waals surface area contributed by atoms with Gasteiger partial charge >= 0.3 is 0 Å². The fourth-order valence-corrected chi connectivity index (χ4v) is 2.86. The first-order valence-corrected chi connectivity index (χ1v) is 8.65. The molecule has 2 rings (SSSR count). The molecule has 5 heteroatoms. The molecule has 26 heavy (non-hydrogen) atoms. The number of anilines is 1. The summed E-state index contributed by atoms with van der Waals surface area (Å²) in [6, 6.07) is 13.6. The zero-order chi connectivity index (χ0) is 19.1. The molecule has 0 heterocycles. The molecule has 5 nitrogen and oxygen atoms in total. The van der Waals surface area contributed by atoms with Gasteiger partial charge in [0.15, 0.2) is 0 Å². The molecule has 138 valence electrons. The maximum atomic E-state index is 12.3. The molecule has 0 aliphatic heterocycles. The predicted molar refractivity (Wildman–Crippen MR) is 104 cm³/mol. The molecule has 1 N–H and O–H groups in total. The molecule has 0 spiro atoms. The number of hydrogen-bond acceptors (Lipinski definition) is 3. The van der Waals surface area contributed by atoms with E-state index in [2.05, 4.69) is 5.32 Å². The Labute approximate surface area is 155 Å². The summed E-state index contributed by atoms with van der Waals surface area (Å²) in [6.45, 7) is 5.94. The third kappa shape index (κ3) is 5.62. The number of aryl methyl sites for hydroxylation is 2. The number of amides is 2. The number of carbonyl (C=O) groups is 2. The zero-order valence-electron chi connectivity index (χ0n) is 15.8. The summed E-state index contributed by atoms with van der Waals surface area (Å²) in [5, 5.41) is 2.88. The normalized spacial score (nSPS) is 10.3. The van der Waals surface area contributed by atoms with Crippen LogP contribution in [-0.2, 0) is 16.0 Å². The molecular formula is C21H26N2O3. The Balaban J connectivity index is 1.94. The van der Waals surface area contributed by atoms with Crippen LogP contribution in [0, 0.1) is 13.8 Å². The van der Waals surface area contributed by atoms with Crippen LogP contribution < -0.4 is 15.0 Å². The van der Waals surface area contributed by atoms with Crippen LogP contribution in [-0.4, -0.2) is 32.0 Å². The summed E-state index contributed by atoms with van der Waals surface area (Å²) in [6.07, 6.45) is 0.701. The number of methoxy groups -OCH3 is 1. The van der Waals surface area contributed by atoms with Crippen LogP contribution in [0.15, 0.2) is 42.5 Å². The molecule has 0 aliphatic carbocycles. The minimum atomic E-state index is -0.178. The highest BCUT2D eigenvalue weighted by atomic mass is 16.5. The first kappa shape index (κ1) is 19.5. The monoisotopic (exact) mass is 354 g/mol. The third-order valence-electron chi connectivity index (χ3n) is 4.07. The van der Waals surface area contributed by atoms with E-state index in [1.807, 2.05) is 56.3 Å². The van der Waals surface area contributed by atoms with E-state index in [9.17, 15) is 9.59 Å². The van der Waals surface area contributed by atoms with Gasteiger partial charge in [0.25, 0.3) is 0 Å². The summed E-state index contributed by atoms with van der Waals surface area (Å²) in [5.74, 6) is 0.464. The van der Waals surface area contributed by atoms with Gasteiger partial charge in [-0.1, -0.05) is 18.2 Å². The van der Waals surface area contributed by atoms with Crippen LogP contribution >= 0.6 is 0 Å². The van der Waals surface area contributed by atoms with Gasteiger partial charge in [-0.25, -0.2) is 0 Å². The Bertz CT molecular complexity index is 766. The highest BCUT2D eigenvalue weighted by molar-refractivity contribution is 5.97. The third-order valence-corrected chi connectivity index (χ3v) is 4.07. The summed E-state index contributed by atoms with van der Waals surface area (Å²) in [4.78, 5) is 25.8. The second kappa shape index (κ2) is 9.04. The minimum absolute atomic E-state index is 0.0103. The number of benzene rings is 2. The molecule has 0 saturated heterocycles. The van der Waals surface area contributed by atoms with E-state index < -0.39 is 0 Å². The second-order valence-corrected chi connectivity index (χ2v) is 6.40. The lowest BCUT2D eigenvalue weighted by molar-refractivity contribution is -0.123. The van der Waals surface area contributed by atoms with Crippen molar-refractivity contribution >= 4 is 17.5 Å². The van der Waals surface area contributed by atoms with Gasteiger partial charge < -0.3 is 15.0 Å². The number of nitrogens with zero attached hydrogens (tertiary/aromatic N) is 1. The van der Waals surface area contributed by atoms with E-state index in [0.29, 0.717) is 13.0 Å². The van der Waals surface area contributed by atoms with Gasteiger partial charge in [0.05, 0.1) is 7.11 Å². The van der Waals surface area contributed by atoms with Gasteiger partial charge in [-0.05, 0) is 61.2 Å². The topological polar surface area (TPSA) is 58.6 Å². The average Bonchev–Trinajstić information content (AvgIpc) is 2.58. The summed E-state index contributed by atoms with van der Waals surface area (Å²) < 4.78 is 5.20. The smallest absolute Gasteiger partial charge is 0.240 e. The van der Waals surface area contributed by atoms with Gasteiger partial charge in [0.2, 0.25) is 11.8 Å². The lowest BCUT2D eigenvalue weighted by atomic mass is 10.1. The number of ether oxygens (including phenoxy) is 1. The molecule has 2 aromatic rings. The first-order chi connectivity index (χ1) is 12.4. The molecule has 0 aromatic heterocycles. The quantitative estimate of drug-likeness (QED) is 0.831. The van der Waals surface area contributed by atoms with E-state index >= 15 is 0 Å². The van der Waals surface area contributed by atoms with Crippen LogP contribution in [0.5, 0.6) is 5.75 Å². The lowest BCUT2D eigenvalue weighted by Crippen LogP contribution is -2.40. The second-order valence-electron chi connectivity index (χ2n) is 6.40. The Morgan fingerprint density at radius 2 is 1.77 bits per heavy atom. The molecule has 0 fully saturated rings. The van der Waals surface area contributed by atoms with E-state index in [-0.39, 0.29) is 18.4 Å². The molecule has 0 radical (unpaired) electrons. The molecule has 0 saturated carbocycles. The number of rotatable bonds is 7. The first-order valence-electron chi connectivity index (χ1n) is 8.65. The zero-order valence-corrected chi connectivity index (χ0v) is 15.8. The molecular weight excluding hydrogens is 328 g/mol. The maximum absolute atomic E-state index is 12.3. The fourth-order valence-electron chi connectivity index (χ4n) is 2.86. The highest BCUT2D eigenvalue weighted by Crippen LogP contribution is 2.19. The Kier molecular flexibility index (Phi) is 6.78. The van der Waals surface area contributed by atoms with Crippen molar-refractivity contribution in [2.75, 3.05) is 25.1 Å². The van der Waals surface area contributed by atoms with Gasteiger partial charge in [-0.2, -0.15) is 0 Å². The van der Waals surface area contributed by atoms with E-state index in [1.54, 1.807) is 7.11 Å². The van der Waals surface area contributed by atoms with E-state index in [1.165, 1.54) is 11.8 Å². The van der Waals surface area contributed by atoms with Crippen LogP contribution in [0.3, 0.4) is 0 Å². The van der Waals surface area contributed by atoms with Crippen molar-refractivity contribution in [3.63, 3.8) is 0 Å². The molecule has 0 atom stereocenters. The standard InChI is InChI=1S/C21H26N2O3/c1-15-10-16(2)12-19(11-15)23(17(3)24)14-21(25)22-9-8-18-6-5-7-20(13-18)26-4/h5-7,10-13H,8-9,14H2,1-4H3,(H,22,25). The van der Waals surface area contributed by atoms with Gasteiger partial charge in [0, 0.05) is 19.2 Å². The molecule has 0 unspecified atom stereocenters. The van der Waals surface area contributed by atoms with Crippen molar-refractivity contribution in [1.29, 1.82) is 0 Å². The number of hydrogen-bond donors (Lipinski definition) is 1. The Morgan fingerprint density at radius 3 is 2.38 bits per heavy atom. The van der Waals surface area contributed by atoms with Crippen molar-refractivity contribution in [2.45, 2.75) is 27.2 Å². The SMILES string of the molecule is COc1cccc(CCNC(=O)CN(C(C)=O)c2cc(C)cc(C)c2)c1. The predicted octanol–water partition coefficient (Wildman–Crippen LogP) is 3.02. The average molecular weight is 354 g/mol. The van der Waals surface area contributed by atoms with Gasteiger partial charge in [-0.15, -0.1) is 0 Å². The molecule has 2 amide bonds. The fraction of sp³-hybridized carbons (Fsp3) is 0.333. The van der Waals surface area contributed by atoms with Crippen LogP contribution in [0.2, 0.25) is 0 Å². The number of nitrogens with one attached hydrogen (secondary N) is 1. The summed E-state index contributed by atoms with van der Waals surface area (Å²) >= 11 is 0. The minimum Gasteiger partial charge on any atom is -0.497 e. The van der Waals surface area contributed by atoms with Crippen LogP contribution in [0.25, 0.3) is 0 Å². The van der Waals surface area contributed by atoms with E-state index in [4.69, 9.17) is 4.74 Å². The summed E-state index contributed by atoms with van der Waals surface area (Å²) in [7, 11) is 1.63. The van der Waals surface area contributed by atoms with Crippen molar-refractivity contribution in [1.82, 2.24) is 5.32 Å². The molecule has 2 aromatic carbocycles. The maximum Gasteiger partial charge on any atom is 0.240 e. The van der Waals surface area contributed by atoms with Gasteiger partial charge in [-0.3, -0.25) is 9.59 Å². The van der Waals surface area contributed by atoms with Crippen molar-refractivity contribution in [2.24, 2.45) is 0 Å². The lowest BCUT2D eigenvalue weighted by Gasteiger charge is -2.21. The van der Waals surface area contributed by atoms with Crippen LogP contribution in [0.1, 0.15) is 23.6 Å². The largest absolute Gasteiger partial charge is 0.497 e. The Hall–Kier alpha value is -2.82. The number of carbonyl (C=O) groups excluding carboxylic acids is 2. The van der Waals surface area contributed by atoms with Gasteiger partial charge in [0.1, 0.15) is 12.3 Å². The Morgan fingerprint density at radius 1 is 1.08 bits per heavy atom. The molecule has 0 aliphatic rings. The summed E-state index contributed by atoms with van der Waals surface area (Å²) in [5.41, 5.74) is 3.95.